The SMILES string of the molecule is O=C(CCn1cncn1)N1CCC[C@@]2(C=Cc3ccccc3O2)CC1. The number of carbonyl (C=O) groups is 1. The van der Waals surface area contributed by atoms with Crippen molar-refractivity contribution < 1.29 is 9.53 Å². The number of likely N-dealkylation sites (tertiary alicyclic amines) is 1. The molecule has 25 heavy (non-hydrogen) atoms. The lowest BCUT2D eigenvalue weighted by atomic mass is 9.91. The number of aromatic nitrogens is 3. The van der Waals surface area contributed by atoms with Gasteiger partial charge in [-0.2, -0.15) is 5.10 Å². The Morgan fingerprint density at radius 2 is 2.16 bits per heavy atom. The largest absolute Gasteiger partial charge is 0.483 e. The Kier molecular flexibility index (Phi) is 4.26. The van der Waals surface area contributed by atoms with E-state index in [0.717, 1.165) is 43.7 Å². The van der Waals surface area contributed by atoms with Crippen molar-refractivity contribution in [3.8, 4) is 5.75 Å². The molecule has 1 amide bonds. The number of hydrogen-bond donors (Lipinski definition) is 0. The van der Waals surface area contributed by atoms with E-state index in [-0.39, 0.29) is 11.5 Å². The van der Waals surface area contributed by atoms with Crippen molar-refractivity contribution in [2.75, 3.05) is 13.1 Å². The van der Waals surface area contributed by atoms with Crippen molar-refractivity contribution in [1.29, 1.82) is 0 Å². The molecule has 2 aliphatic rings. The number of amides is 1. The van der Waals surface area contributed by atoms with E-state index in [9.17, 15) is 4.79 Å². The predicted molar refractivity (Wildman–Crippen MR) is 93.9 cm³/mol. The van der Waals surface area contributed by atoms with Crippen molar-refractivity contribution in [2.45, 2.75) is 37.8 Å². The van der Waals surface area contributed by atoms with Crippen molar-refractivity contribution in [3.63, 3.8) is 0 Å². The third-order valence-electron chi connectivity index (χ3n) is 5.01. The summed E-state index contributed by atoms with van der Waals surface area (Å²) in [7, 11) is 0. The van der Waals surface area contributed by atoms with Crippen molar-refractivity contribution >= 4 is 12.0 Å². The first-order chi connectivity index (χ1) is 12.2. The van der Waals surface area contributed by atoms with Gasteiger partial charge in [-0.3, -0.25) is 9.48 Å². The van der Waals surface area contributed by atoms with Gasteiger partial charge in [0.2, 0.25) is 5.91 Å². The van der Waals surface area contributed by atoms with E-state index in [1.54, 1.807) is 11.0 Å². The van der Waals surface area contributed by atoms with Crippen LogP contribution in [0.5, 0.6) is 5.75 Å². The summed E-state index contributed by atoms with van der Waals surface area (Å²) < 4.78 is 8.04. The van der Waals surface area contributed by atoms with Crippen LogP contribution in [0.2, 0.25) is 0 Å². The number of ether oxygens (including phenoxy) is 1. The van der Waals surface area contributed by atoms with Gasteiger partial charge in [-0.1, -0.05) is 24.3 Å². The summed E-state index contributed by atoms with van der Waals surface area (Å²) >= 11 is 0. The summed E-state index contributed by atoms with van der Waals surface area (Å²) in [5, 5.41) is 4.05. The molecular formula is C19H22N4O2. The molecule has 2 aliphatic heterocycles. The third-order valence-corrected chi connectivity index (χ3v) is 5.01. The van der Waals surface area contributed by atoms with Gasteiger partial charge in [0.25, 0.3) is 0 Å². The average molecular weight is 338 g/mol. The lowest BCUT2D eigenvalue weighted by Crippen LogP contribution is -2.38. The predicted octanol–water partition coefficient (Wildman–Crippen LogP) is 2.53. The zero-order valence-electron chi connectivity index (χ0n) is 14.2. The molecule has 1 aromatic carbocycles. The van der Waals surface area contributed by atoms with Crippen molar-refractivity contribution in [1.82, 2.24) is 19.7 Å². The first kappa shape index (κ1) is 15.9. The Morgan fingerprint density at radius 3 is 3.04 bits per heavy atom. The molecule has 0 radical (unpaired) electrons. The number of nitrogens with zero attached hydrogens (tertiary/aromatic N) is 4. The van der Waals surface area contributed by atoms with Crippen LogP contribution < -0.4 is 4.74 Å². The number of para-hydroxylation sites is 1. The molecule has 1 aromatic heterocycles. The minimum atomic E-state index is -0.282. The van der Waals surface area contributed by atoms with Crippen LogP contribution >= 0.6 is 0 Å². The van der Waals surface area contributed by atoms with Crippen LogP contribution in [-0.4, -0.2) is 44.3 Å². The first-order valence-corrected chi connectivity index (χ1v) is 8.82. The van der Waals surface area contributed by atoms with Gasteiger partial charge in [0.05, 0.1) is 6.54 Å². The highest BCUT2D eigenvalue weighted by Gasteiger charge is 2.35. The molecule has 1 fully saturated rings. The zero-order valence-corrected chi connectivity index (χ0v) is 14.2. The average Bonchev–Trinajstić information content (AvgIpc) is 3.08. The van der Waals surface area contributed by atoms with Crippen LogP contribution in [0.3, 0.4) is 0 Å². The van der Waals surface area contributed by atoms with Gasteiger partial charge in [0.15, 0.2) is 0 Å². The summed E-state index contributed by atoms with van der Waals surface area (Å²) in [6, 6.07) is 8.11. The van der Waals surface area contributed by atoms with Crippen LogP contribution in [0.4, 0.5) is 0 Å². The van der Waals surface area contributed by atoms with Crippen molar-refractivity contribution in [3.05, 3.63) is 48.6 Å². The molecule has 6 nitrogen and oxygen atoms in total. The van der Waals surface area contributed by atoms with Gasteiger partial charge in [-0.05, 0) is 25.0 Å². The Balaban J connectivity index is 1.38. The zero-order chi connectivity index (χ0) is 17.1. The normalized spacial score (nSPS) is 22.3. The fourth-order valence-corrected chi connectivity index (χ4v) is 3.57. The van der Waals surface area contributed by atoms with Gasteiger partial charge < -0.3 is 9.64 Å². The summed E-state index contributed by atoms with van der Waals surface area (Å²) in [6.45, 7) is 2.09. The second kappa shape index (κ2) is 6.70. The van der Waals surface area contributed by atoms with Gasteiger partial charge in [0.1, 0.15) is 24.0 Å². The number of hydrogen-bond acceptors (Lipinski definition) is 4. The summed E-state index contributed by atoms with van der Waals surface area (Å²) in [6.07, 6.45) is 10.6. The van der Waals surface area contributed by atoms with Gasteiger partial charge in [-0.15, -0.1) is 0 Å². The molecule has 1 spiro atoms. The van der Waals surface area contributed by atoms with E-state index in [0.29, 0.717) is 13.0 Å². The number of rotatable bonds is 3. The molecule has 3 heterocycles. The Hall–Kier alpha value is -2.63. The Labute approximate surface area is 147 Å². The molecule has 6 heteroatoms. The number of aryl methyl sites for hydroxylation is 1. The number of benzene rings is 1. The summed E-state index contributed by atoms with van der Waals surface area (Å²) in [5.41, 5.74) is 0.841. The lowest BCUT2D eigenvalue weighted by Gasteiger charge is -2.34. The molecule has 0 aliphatic carbocycles. The smallest absolute Gasteiger partial charge is 0.224 e. The molecule has 1 atom stereocenters. The van der Waals surface area contributed by atoms with Crippen LogP contribution in [0.15, 0.2) is 43.0 Å². The molecule has 1 saturated heterocycles. The third kappa shape index (κ3) is 3.43. The first-order valence-electron chi connectivity index (χ1n) is 8.82. The Bertz CT molecular complexity index is 771. The van der Waals surface area contributed by atoms with Crippen LogP contribution in [0, 0.1) is 0 Å². The topological polar surface area (TPSA) is 60.2 Å². The molecule has 0 bridgehead atoms. The maximum Gasteiger partial charge on any atom is 0.224 e. The molecule has 130 valence electrons. The summed E-state index contributed by atoms with van der Waals surface area (Å²) in [5.74, 6) is 1.11. The second-order valence-corrected chi connectivity index (χ2v) is 6.68. The highest BCUT2D eigenvalue weighted by molar-refractivity contribution is 5.76. The van der Waals surface area contributed by atoms with Gasteiger partial charge in [-0.25, -0.2) is 4.98 Å². The standard InChI is InChI=1S/C19H22N4O2/c24-18(7-12-23-15-20-14-21-23)22-11-3-8-19(10-13-22)9-6-16-4-1-2-5-17(16)25-19/h1-2,4-6,9,14-15H,3,7-8,10-13H2/t19-/m1/s1. The van der Waals surface area contributed by atoms with Crippen LogP contribution in [0.25, 0.3) is 6.08 Å². The fraction of sp³-hybridized carbons (Fsp3) is 0.421. The second-order valence-electron chi connectivity index (χ2n) is 6.68. The minimum Gasteiger partial charge on any atom is -0.483 e. The molecular weight excluding hydrogens is 316 g/mol. The molecule has 0 unspecified atom stereocenters. The van der Waals surface area contributed by atoms with E-state index >= 15 is 0 Å². The van der Waals surface area contributed by atoms with Crippen LogP contribution in [-0.2, 0) is 11.3 Å². The highest BCUT2D eigenvalue weighted by Crippen LogP contribution is 2.36. The quantitative estimate of drug-likeness (QED) is 0.863. The van der Waals surface area contributed by atoms with Crippen molar-refractivity contribution in [2.24, 2.45) is 0 Å². The molecule has 0 saturated carbocycles. The van der Waals surface area contributed by atoms with E-state index in [2.05, 4.69) is 28.3 Å². The maximum absolute atomic E-state index is 12.5. The van der Waals surface area contributed by atoms with E-state index in [1.165, 1.54) is 6.33 Å². The van der Waals surface area contributed by atoms with E-state index < -0.39 is 0 Å². The molecule has 0 N–H and O–H groups in total. The number of fused-ring (bicyclic) bond motifs is 1. The Morgan fingerprint density at radius 1 is 1.24 bits per heavy atom. The number of carbonyl (C=O) groups excluding carboxylic acids is 1. The highest BCUT2D eigenvalue weighted by atomic mass is 16.5. The maximum atomic E-state index is 12.5. The summed E-state index contributed by atoms with van der Waals surface area (Å²) in [4.78, 5) is 18.4. The monoisotopic (exact) mass is 338 g/mol. The fourth-order valence-electron chi connectivity index (χ4n) is 3.57. The van der Waals surface area contributed by atoms with E-state index in [4.69, 9.17) is 4.74 Å². The minimum absolute atomic E-state index is 0.174. The van der Waals surface area contributed by atoms with Gasteiger partial charge >= 0.3 is 0 Å². The van der Waals surface area contributed by atoms with Gasteiger partial charge in [0, 0.05) is 31.5 Å². The van der Waals surface area contributed by atoms with Crippen LogP contribution in [0.1, 0.15) is 31.2 Å². The lowest BCUT2D eigenvalue weighted by molar-refractivity contribution is -0.131. The molecule has 2 aromatic rings. The van der Waals surface area contributed by atoms with E-state index in [1.807, 2.05) is 23.1 Å². The molecule has 4 rings (SSSR count).